The Morgan fingerprint density at radius 1 is 1.30 bits per heavy atom. The lowest BCUT2D eigenvalue weighted by Gasteiger charge is -2.20. The van der Waals surface area contributed by atoms with Crippen LogP contribution in [0, 0.1) is 0 Å². The highest BCUT2D eigenvalue weighted by molar-refractivity contribution is 5.64. The van der Waals surface area contributed by atoms with Gasteiger partial charge in [-0.3, -0.25) is 9.89 Å². The van der Waals surface area contributed by atoms with Crippen molar-refractivity contribution in [3.05, 3.63) is 47.5 Å². The summed E-state index contributed by atoms with van der Waals surface area (Å²) >= 11 is 0. The minimum atomic E-state index is 0.546. The molecule has 2 nitrogen and oxygen atoms in total. The Kier molecular flexibility index (Phi) is 6.00. The van der Waals surface area contributed by atoms with Crippen LogP contribution in [0.15, 0.2) is 47.0 Å². The molecule has 1 saturated heterocycles. The van der Waals surface area contributed by atoms with Crippen molar-refractivity contribution >= 4 is 6.21 Å². The molecule has 0 spiro atoms. The molecular formula is C18H26N2. The zero-order valence-electron chi connectivity index (χ0n) is 12.8. The van der Waals surface area contributed by atoms with Gasteiger partial charge in [0, 0.05) is 18.8 Å². The molecule has 1 atom stereocenters. The van der Waals surface area contributed by atoms with Gasteiger partial charge in [-0.15, -0.1) is 0 Å². The van der Waals surface area contributed by atoms with Crippen LogP contribution >= 0.6 is 0 Å². The van der Waals surface area contributed by atoms with Crippen molar-refractivity contribution in [2.45, 2.75) is 45.7 Å². The first kappa shape index (κ1) is 15.0. The Morgan fingerprint density at radius 3 is 2.85 bits per heavy atom. The van der Waals surface area contributed by atoms with Crippen molar-refractivity contribution in [3.8, 4) is 0 Å². The highest BCUT2D eigenvalue weighted by atomic mass is 15.2. The van der Waals surface area contributed by atoms with E-state index >= 15 is 0 Å². The van der Waals surface area contributed by atoms with E-state index in [4.69, 9.17) is 0 Å². The Hall–Kier alpha value is -1.41. The lowest BCUT2D eigenvalue weighted by molar-refractivity contribution is 0.311. The molecule has 0 N–H and O–H groups in total. The summed E-state index contributed by atoms with van der Waals surface area (Å²) in [5, 5.41) is 0. The summed E-state index contributed by atoms with van der Waals surface area (Å²) < 4.78 is 0. The molecule has 20 heavy (non-hydrogen) atoms. The molecule has 1 heterocycles. The highest BCUT2D eigenvalue weighted by Gasteiger charge is 2.21. The minimum Gasteiger partial charge on any atom is -0.295 e. The van der Waals surface area contributed by atoms with Crippen LogP contribution in [-0.4, -0.2) is 30.2 Å². The van der Waals surface area contributed by atoms with Gasteiger partial charge in [-0.1, -0.05) is 42.0 Å². The van der Waals surface area contributed by atoms with Gasteiger partial charge in [0.1, 0.15) is 0 Å². The zero-order valence-corrected chi connectivity index (χ0v) is 12.8. The van der Waals surface area contributed by atoms with Gasteiger partial charge in [-0.05, 0) is 45.2 Å². The molecule has 0 aromatic heterocycles. The van der Waals surface area contributed by atoms with Crippen molar-refractivity contribution < 1.29 is 0 Å². The number of allylic oxidation sites excluding steroid dienone is 1. The summed E-state index contributed by atoms with van der Waals surface area (Å²) in [6, 6.07) is 11.0. The van der Waals surface area contributed by atoms with Gasteiger partial charge in [-0.25, -0.2) is 0 Å². The summed E-state index contributed by atoms with van der Waals surface area (Å²) in [7, 11) is 0. The molecular weight excluding hydrogens is 244 g/mol. The van der Waals surface area contributed by atoms with Crippen LogP contribution in [0.3, 0.4) is 0 Å². The summed E-state index contributed by atoms with van der Waals surface area (Å²) in [6.07, 6.45) is 8.22. The molecule has 1 fully saturated rings. The van der Waals surface area contributed by atoms with E-state index in [1.807, 2.05) is 0 Å². The van der Waals surface area contributed by atoms with Gasteiger partial charge in [0.25, 0.3) is 0 Å². The predicted molar refractivity (Wildman–Crippen MR) is 87.3 cm³/mol. The van der Waals surface area contributed by atoms with E-state index in [1.54, 1.807) is 0 Å². The molecule has 0 radical (unpaired) electrons. The van der Waals surface area contributed by atoms with Gasteiger partial charge in [0.2, 0.25) is 0 Å². The van der Waals surface area contributed by atoms with E-state index in [0.29, 0.717) is 6.04 Å². The number of benzene rings is 1. The first-order valence-electron chi connectivity index (χ1n) is 7.67. The van der Waals surface area contributed by atoms with Crippen LogP contribution in [0.4, 0.5) is 0 Å². The third kappa shape index (κ3) is 4.93. The molecule has 0 bridgehead atoms. The van der Waals surface area contributed by atoms with Crippen LogP contribution < -0.4 is 0 Å². The van der Waals surface area contributed by atoms with E-state index in [2.05, 4.69) is 66.4 Å². The summed E-state index contributed by atoms with van der Waals surface area (Å²) in [4.78, 5) is 7.20. The van der Waals surface area contributed by atoms with Gasteiger partial charge >= 0.3 is 0 Å². The SMILES string of the molecule is CC(C)=CCCN1CCC[C@H]1C=NCc1ccccc1. The molecule has 2 heteroatoms. The third-order valence-electron chi connectivity index (χ3n) is 3.78. The smallest absolute Gasteiger partial charge is 0.0636 e. The molecule has 0 aliphatic carbocycles. The normalized spacial score (nSPS) is 19.6. The van der Waals surface area contributed by atoms with Crippen LogP contribution in [-0.2, 0) is 6.54 Å². The Balaban J connectivity index is 1.80. The molecule has 1 aromatic carbocycles. The lowest BCUT2D eigenvalue weighted by Crippen LogP contribution is -2.31. The van der Waals surface area contributed by atoms with Crippen LogP contribution in [0.1, 0.15) is 38.7 Å². The van der Waals surface area contributed by atoms with E-state index in [0.717, 1.165) is 19.5 Å². The standard InChI is InChI=1S/C18H26N2/c1-16(2)8-6-12-20-13-7-11-18(20)15-19-14-17-9-4-3-5-10-17/h3-5,8-10,15,18H,6-7,11-14H2,1-2H3/t18-/m0/s1. The van der Waals surface area contributed by atoms with Gasteiger partial charge in [0.05, 0.1) is 6.54 Å². The first-order chi connectivity index (χ1) is 9.75. The molecule has 1 aliphatic rings. The molecule has 0 amide bonds. The largest absolute Gasteiger partial charge is 0.295 e. The number of nitrogens with zero attached hydrogens (tertiary/aromatic N) is 2. The molecule has 1 aromatic rings. The van der Waals surface area contributed by atoms with E-state index < -0.39 is 0 Å². The Morgan fingerprint density at radius 2 is 2.10 bits per heavy atom. The van der Waals surface area contributed by atoms with Gasteiger partial charge in [-0.2, -0.15) is 0 Å². The average Bonchev–Trinajstić information content (AvgIpc) is 2.87. The molecule has 0 saturated carbocycles. The topological polar surface area (TPSA) is 15.6 Å². The number of aliphatic imine (C=N–C) groups is 1. The third-order valence-corrected chi connectivity index (χ3v) is 3.78. The summed E-state index contributed by atoms with van der Waals surface area (Å²) in [6.45, 7) is 7.52. The zero-order chi connectivity index (χ0) is 14.2. The summed E-state index contributed by atoms with van der Waals surface area (Å²) in [5.74, 6) is 0. The maximum Gasteiger partial charge on any atom is 0.0636 e. The highest BCUT2D eigenvalue weighted by Crippen LogP contribution is 2.16. The average molecular weight is 270 g/mol. The lowest BCUT2D eigenvalue weighted by atomic mass is 10.2. The molecule has 1 aliphatic heterocycles. The van der Waals surface area contributed by atoms with E-state index in [-0.39, 0.29) is 0 Å². The quantitative estimate of drug-likeness (QED) is 0.562. The van der Waals surface area contributed by atoms with Crippen molar-refractivity contribution in [1.82, 2.24) is 4.90 Å². The van der Waals surface area contributed by atoms with Crippen LogP contribution in [0.5, 0.6) is 0 Å². The van der Waals surface area contributed by atoms with Crippen LogP contribution in [0.25, 0.3) is 0 Å². The number of hydrogen-bond acceptors (Lipinski definition) is 2. The van der Waals surface area contributed by atoms with Crippen molar-refractivity contribution in [2.75, 3.05) is 13.1 Å². The van der Waals surface area contributed by atoms with Gasteiger partial charge in [0.15, 0.2) is 0 Å². The first-order valence-corrected chi connectivity index (χ1v) is 7.67. The molecule has 2 rings (SSSR count). The molecule has 108 valence electrons. The Bertz CT molecular complexity index is 444. The maximum absolute atomic E-state index is 4.63. The van der Waals surface area contributed by atoms with E-state index in [1.165, 1.54) is 30.5 Å². The number of rotatable bonds is 6. The second-order valence-electron chi connectivity index (χ2n) is 5.79. The minimum absolute atomic E-state index is 0.546. The second-order valence-corrected chi connectivity index (χ2v) is 5.79. The van der Waals surface area contributed by atoms with Crippen molar-refractivity contribution in [1.29, 1.82) is 0 Å². The van der Waals surface area contributed by atoms with Crippen LogP contribution in [0.2, 0.25) is 0 Å². The summed E-state index contributed by atoms with van der Waals surface area (Å²) in [5.41, 5.74) is 2.70. The number of hydrogen-bond donors (Lipinski definition) is 0. The van der Waals surface area contributed by atoms with Crippen molar-refractivity contribution in [2.24, 2.45) is 4.99 Å². The monoisotopic (exact) mass is 270 g/mol. The predicted octanol–water partition coefficient (Wildman–Crippen LogP) is 4.08. The van der Waals surface area contributed by atoms with E-state index in [9.17, 15) is 0 Å². The fraction of sp³-hybridized carbons (Fsp3) is 0.500. The van der Waals surface area contributed by atoms with Crippen molar-refractivity contribution in [3.63, 3.8) is 0 Å². The maximum atomic E-state index is 4.63. The number of likely N-dealkylation sites (tertiary alicyclic amines) is 1. The molecule has 0 unspecified atom stereocenters. The Labute approximate surface area is 123 Å². The second kappa shape index (κ2) is 8.01. The van der Waals surface area contributed by atoms with Gasteiger partial charge < -0.3 is 0 Å². The fourth-order valence-electron chi connectivity index (χ4n) is 2.68. The fourth-order valence-corrected chi connectivity index (χ4v) is 2.68.